The fourth-order valence-electron chi connectivity index (χ4n) is 1.52. The Balaban J connectivity index is 2.31. The van der Waals surface area contributed by atoms with E-state index in [-0.39, 0.29) is 5.16 Å². The smallest absolute Gasteiger partial charge is 0.326 e. The van der Waals surface area contributed by atoms with Crippen molar-refractivity contribution in [1.29, 1.82) is 0 Å². The lowest BCUT2D eigenvalue weighted by Gasteiger charge is -2.13. The van der Waals surface area contributed by atoms with Crippen LogP contribution in [0, 0.1) is 0 Å². The molecule has 1 aromatic carbocycles. The van der Waals surface area contributed by atoms with Gasteiger partial charge in [-0.05, 0) is 5.56 Å². The van der Waals surface area contributed by atoms with Gasteiger partial charge in [0.25, 0.3) is 10.0 Å². The fourth-order valence-corrected chi connectivity index (χ4v) is 2.60. The molecule has 8 heteroatoms. The van der Waals surface area contributed by atoms with Gasteiger partial charge in [-0.2, -0.15) is 4.72 Å². The number of imidazole rings is 1. The Bertz CT molecular complexity index is 653. The van der Waals surface area contributed by atoms with Gasteiger partial charge in [0.05, 0.1) is 0 Å². The van der Waals surface area contributed by atoms with Crippen LogP contribution in [-0.4, -0.2) is 29.5 Å². The zero-order valence-corrected chi connectivity index (χ0v) is 10.5. The zero-order valence-electron chi connectivity index (χ0n) is 9.65. The summed E-state index contributed by atoms with van der Waals surface area (Å²) in [5, 5.41) is 8.81. The fraction of sp³-hybridized carbons (Fsp3) is 0.0909. The van der Waals surface area contributed by atoms with Crippen molar-refractivity contribution in [3.05, 3.63) is 48.3 Å². The first-order chi connectivity index (χ1) is 9.00. The maximum Gasteiger partial charge on any atom is 0.326 e. The number of aliphatic carboxylic acids is 1. The van der Waals surface area contributed by atoms with Gasteiger partial charge >= 0.3 is 5.97 Å². The van der Waals surface area contributed by atoms with Crippen LogP contribution in [0.5, 0.6) is 0 Å². The Morgan fingerprint density at radius 2 is 2.00 bits per heavy atom. The number of nitrogens with one attached hydrogen (secondary N) is 2. The van der Waals surface area contributed by atoms with Crippen molar-refractivity contribution in [2.45, 2.75) is 11.2 Å². The third kappa shape index (κ3) is 2.98. The molecule has 0 fully saturated rings. The Kier molecular flexibility index (Phi) is 3.63. The van der Waals surface area contributed by atoms with Crippen LogP contribution >= 0.6 is 0 Å². The van der Waals surface area contributed by atoms with Gasteiger partial charge in [0.1, 0.15) is 6.04 Å². The van der Waals surface area contributed by atoms with E-state index < -0.39 is 22.0 Å². The van der Waals surface area contributed by atoms with Crippen molar-refractivity contribution in [2.24, 2.45) is 0 Å². The van der Waals surface area contributed by atoms with Gasteiger partial charge in [-0.15, -0.1) is 0 Å². The van der Waals surface area contributed by atoms with Gasteiger partial charge in [-0.25, -0.2) is 13.4 Å². The second kappa shape index (κ2) is 5.21. The van der Waals surface area contributed by atoms with E-state index in [1.807, 2.05) is 0 Å². The summed E-state index contributed by atoms with van der Waals surface area (Å²) in [5.74, 6) is -1.29. The van der Waals surface area contributed by atoms with Crippen molar-refractivity contribution < 1.29 is 18.3 Å². The molecular formula is C11H11N3O4S. The molecule has 0 aliphatic rings. The highest BCUT2D eigenvalue weighted by Gasteiger charge is 2.28. The summed E-state index contributed by atoms with van der Waals surface area (Å²) in [5.41, 5.74) is 0.338. The van der Waals surface area contributed by atoms with Gasteiger partial charge < -0.3 is 10.1 Å². The van der Waals surface area contributed by atoms with Crippen LogP contribution in [0.2, 0.25) is 0 Å². The van der Waals surface area contributed by atoms with Crippen LogP contribution in [-0.2, 0) is 14.8 Å². The van der Waals surface area contributed by atoms with Crippen LogP contribution in [0.3, 0.4) is 0 Å². The highest BCUT2D eigenvalue weighted by Crippen LogP contribution is 2.15. The highest BCUT2D eigenvalue weighted by atomic mass is 32.2. The molecule has 0 saturated heterocycles. The average molecular weight is 281 g/mol. The van der Waals surface area contributed by atoms with E-state index in [1.54, 1.807) is 18.2 Å². The van der Waals surface area contributed by atoms with E-state index in [4.69, 9.17) is 5.11 Å². The highest BCUT2D eigenvalue weighted by molar-refractivity contribution is 7.89. The van der Waals surface area contributed by atoms with E-state index in [0.717, 1.165) is 0 Å². The number of nitrogens with zero attached hydrogens (tertiary/aromatic N) is 1. The normalized spacial score (nSPS) is 13.1. The molecule has 0 radical (unpaired) electrons. The van der Waals surface area contributed by atoms with E-state index in [9.17, 15) is 13.2 Å². The van der Waals surface area contributed by atoms with Crippen molar-refractivity contribution >= 4 is 16.0 Å². The summed E-state index contributed by atoms with van der Waals surface area (Å²) in [4.78, 5) is 17.2. The van der Waals surface area contributed by atoms with E-state index >= 15 is 0 Å². The van der Waals surface area contributed by atoms with Crippen molar-refractivity contribution in [1.82, 2.24) is 14.7 Å². The molecule has 1 heterocycles. The number of aromatic nitrogens is 2. The standard InChI is InChI=1S/C11H11N3O4S/c15-10(16)9(8-4-2-1-3-5-8)14-19(17,18)11-12-6-7-13-11/h1-7,9,14H,(H,12,13)(H,15,16)/t9-/m1/s1. The van der Waals surface area contributed by atoms with Crippen molar-refractivity contribution in [3.8, 4) is 0 Å². The first-order valence-corrected chi connectivity index (χ1v) is 6.78. The average Bonchev–Trinajstić information content (AvgIpc) is 2.91. The summed E-state index contributed by atoms with van der Waals surface area (Å²) >= 11 is 0. The molecule has 0 bridgehead atoms. The van der Waals surface area contributed by atoms with Gasteiger partial charge in [0.15, 0.2) is 0 Å². The summed E-state index contributed by atoms with van der Waals surface area (Å²) < 4.78 is 25.9. The number of carboxylic acids is 1. The van der Waals surface area contributed by atoms with Gasteiger partial charge in [0, 0.05) is 12.4 Å². The number of aromatic amines is 1. The molecule has 100 valence electrons. The number of hydrogen-bond acceptors (Lipinski definition) is 4. The molecule has 19 heavy (non-hydrogen) atoms. The molecule has 0 aliphatic carbocycles. The third-order valence-electron chi connectivity index (χ3n) is 2.38. The molecule has 0 saturated carbocycles. The Hall–Kier alpha value is -2.19. The SMILES string of the molecule is O=C(O)[C@H](NS(=O)(=O)c1ncc[nH]1)c1ccccc1. The number of hydrogen-bond donors (Lipinski definition) is 3. The van der Waals surface area contributed by atoms with Gasteiger partial charge in [-0.3, -0.25) is 4.79 Å². The number of rotatable bonds is 5. The number of carbonyl (C=O) groups is 1. The topological polar surface area (TPSA) is 112 Å². The third-order valence-corrected chi connectivity index (χ3v) is 3.66. The minimum absolute atomic E-state index is 0.324. The Morgan fingerprint density at radius 3 is 2.53 bits per heavy atom. The Labute approximate surface area is 109 Å². The molecule has 0 unspecified atom stereocenters. The van der Waals surface area contributed by atoms with Gasteiger partial charge in [0.2, 0.25) is 5.16 Å². The minimum atomic E-state index is -4.01. The Morgan fingerprint density at radius 1 is 1.32 bits per heavy atom. The van der Waals surface area contributed by atoms with Crippen LogP contribution in [0.15, 0.2) is 47.9 Å². The molecule has 0 amide bonds. The molecular weight excluding hydrogens is 270 g/mol. The van der Waals surface area contributed by atoms with E-state index in [0.29, 0.717) is 5.56 Å². The number of H-pyrrole nitrogens is 1. The van der Waals surface area contributed by atoms with Crippen LogP contribution in [0.1, 0.15) is 11.6 Å². The van der Waals surface area contributed by atoms with E-state index in [1.165, 1.54) is 24.5 Å². The van der Waals surface area contributed by atoms with E-state index in [2.05, 4.69) is 14.7 Å². The zero-order chi connectivity index (χ0) is 13.9. The quantitative estimate of drug-likeness (QED) is 0.739. The van der Waals surface area contributed by atoms with Crippen LogP contribution in [0.25, 0.3) is 0 Å². The van der Waals surface area contributed by atoms with Gasteiger partial charge in [-0.1, -0.05) is 30.3 Å². The second-order valence-electron chi connectivity index (χ2n) is 3.70. The monoisotopic (exact) mass is 281 g/mol. The summed E-state index contributed by atoms with van der Waals surface area (Å²) in [7, 11) is -4.01. The predicted octanol–water partition coefficient (Wildman–Crippen LogP) is 0.514. The molecule has 0 spiro atoms. The molecule has 1 aromatic heterocycles. The molecule has 0 aliphatic heterocycles. The first-order valence-electron chi connectivity index (χ1n) is 5.30. The first kappa shape index (κ1) is 13.2. The molecule has 1 atom stereocenters. The maximum absolute atomic E-state index is 11.9. The van der Waals surface area contributed by atoms with Crippen LogP contribution < -0.4 is 4.72 Å². The second-order valence-corrected chi connectivity index (χ2v) is 5.33. The lowest BCUT2D eigenvalue weighted by Crippen LogP contribution is -2.34. The molecule has 2 rings (SSSR count). The molecule has 7 nitrogen and oxygen atoms in total. The largest absolute Gasteiger partial charge is 0.480 e. The summed E-state index contributed by atoms with van der Waals surface area (Å²) in [6, 6.07) is 6.67. The molecule has 3 N–H and O–H groups in total. The summed E-state index contributed by atoms with van der Waals surface area (Å²) in [6.45, 7) is 0. The van der Waals surface area contributed by atoms with Crippen molar-refractivity contribution in [3.63, 3.8) is 0 Å². The maximum atomic E-state index is 11.9. The lowest BCUT2D eigenvalue weighted by atomic mass is 10.1. The van der Waals surface area contributed by atoms with Crippen LogP contribution in [0.4, 0.5) is 0 Å². The predicted molar refractivity (Wildman–Crippen MR) is 65.7 cm³/mol. The molecule has 2 aromatic rings. The number of carboxylic acid groups (broad SMARTS) is 1. The summed E-state index contributed by atoms with van der Waals surface area (Å²) in [6.07, 6.45) is 2.61. The van der Waals surface area contributed by atoms with Crippen molar-refractivity contribution in [2.75, 3.05) is 0 Å². The number of benzene rings is 1. The number of sulfonamides is 1. The lowest BCUT2D eigenvalue weighted by molar-refractivity contribution is -0.139. The minimum Gasteiger partial charge on any atom is -0.480 e.